The number of rotatable bonds is 7. The predicted octanol–water partition coefficient (Wildman–Crippen LogP) is 4.16. The van der Waals surface area contributed by atoms with Crippen molar-refractivity contribution in [3.63, 3.8) is 0 Å². The molecule has 0 bridgehead atoms. The fourth-order valence-electron chi connectivity index (χ4n) is 9.29. The minimum Gasteiger partial charge on any atom is -0.469 e. The maximum Gasteiger partial charge on any atom is 0.305 e. The van der Waals surface area contributed by atoms with Crippen LogP contribution in [0, 0.1) is 46.3 Å². The first-order valence-corrected chi connectivity index (χ1v) is 13.3. The van der Waals surface area contributed by atoms with Crippen molar-refractivity contribution in [2.75, 3.05) is 20.3 Å². The molecule has 10 atom stereocenters. The van der Waals surface area contributed by atoms with Crippen LogP contribution in [-0.2, 0) is 9.53 Å². The van der Waals surface area contributed by atoms with E-state index in [2.05, 4.69) is 26.1 Å². The zero-order valence-electron chi connectivity index (χ0n) is 20.8. The van der Waals surface area contributed by atoms with Gasteiger partial charge in [-0.05, 0) is 104 Å². The lowest BCUT2D eigenvalue weighted by Crippen LogP contribution is -2.59. The highest BCUT2D eigenvalue weighted by atomic mass is 16.5. The van der Waals surface area contributed by atoms with Crippen LogP contribution in [0.25, 0.3) is 0 Å². The van der Waals surface area contributed by atoms with Crippen molar-refractivity contribution < 1.29 is 19.7 Å². The van der Waals surface area contributed by atoms with Gasteiger partial charge in [-0.3, -0.25) is 4.79 Å². The summed E-state index contributed by atoms with van der Waals surface area (Å²) >= 11 is 0. The van der Waals surface area contributed by atoms with Gasteiger partial charge >= 0.3 is 5.97 Å². The minimum absolute atomic E-state index is 0.0141. The molecular formula is C27H47NO4. The molecule has 0 aromatic heterocycles. The maximum atomic E-state index is 11.7. The van der Waals surface area contributed by atoms with E-state index in [1.165, 1.54) is 52.1 Å². The van der Waals surface area contributed by atoms with Gasteiger partial charge in [-0.15, -0.1) is 0 Å². The minimum atomic E-state index is -0.234. The molecule has 4 aliphatic rings. The van der Waals surface area contributed by atoms with Crippen LogP contribution in [0.4, 0.5) is 0 Å². The van der Waals surface area contributed by atoms with Crippen molar-refractivity contribution >= 4 is 5.97 Å². The molecule has 5 nitrogen and oxygen atoms in total. The van der Waals surface area contributed by atoms with E-state index >= 15 is 0 Å². The van der Waals surface area contributed by atoms with Crippen LogP contribution in [0.15, 0.2) is 0 Å². The Morgan fingerprint density at radius 1 is 1.12 bits per heavy atom. The summed E-state index contributed by atoms with van der Waals surface area (Å²) in [5.74, 6) is 3.55. The molecule has 0 amide bonds. The van der Waals surface area contributed by atoms with Crippen LogP contribution >= 0.6 is 0 Å². The number of hydrogen-bond acceptors (Lipinski definition) is 5. The van der Waals surface area contributed by atoms with Gasteiger partial charge in [-0.25, -0.2) is 0 Å². The van der Waals surface area contributed by atoms with Gasteiger partial charge in [-0.2, -0.15) is 0 Å². The number of nitrogens with one attached hydrogen (secondary N) is 1. The number of aliphatic hydroxyl groups excluding tert-OH is 2. The SMILES string of the molecule is COC(=O)CCC(C)C1CCC2C3CCC4CC(NCCO)CCC4(C)C3CC(O)C12C. The molecule has 0 aromatic carbocycles. The largest absolute Gasteiger partial charge is 0.469 e. The number of carbonyl (C=O) groups excluding carboxylic acids is 1. The second-order valence-corrected chi connectivity index (χ2v) is 12.2. The Kier molecular flexibility index (Phi) is 7.30. The van der Waals surface area contributed by atoms with Gasteiger partial charge < -0.3 is 20.3 Å². The first-order chi connectivity index (χ1) is 15.3. The molecular weight excluding hydrogens is 402 g/mol. The van der Waals surface area contributed by atoms with Gasteiger partial charge in [0, 0.05) is 19.0 Å². The number of esters is 1. The number of aliphatic hydroxyl groups is 2. The highest BCUT2D eigenvalue weighted by Crippen LogP contribution is 2.68. The molecule has 0 aromatic rings. The standard InChI is InChI=1S/C27H47NO4/c1-17(5-10-25(31)32-4)21-8-9-22-20-7-6-18-15-19(28-13-14-29)11-12-26(18,2)23(20)16-24(30)27(21,22)3/h17-24,28-30H,5-16H2,1-4H3. The van der Waals surface area contributed by atoms with Gasteiger partial charge in [-0.1, -0.05) is 20.8 Å². The molecule has 3 N–H and O–H groups in total. The van der Waals surface area contributed by atoms with Crippen LogP contribution in [0.1, 0.15) is 85.0 Å². The molecule has 4 fully saturated rings. The van der Waals surface area contributed by atoms with E-state index in [1.807, 2.05) is 0 Å². The van der Waals surface area contributed by atoms with E-state index in [0.29, 0.717) is 48.1 Å². The zero-order valence-corrected chi connectivity index (χ0v) is 20.8. The van der Waals surface area contributed by atoms with Crippen molar-refractivity contribution in [2.24, 2.45) is 46.3 Å². The van der Waals surface area contributed by atoms with Gasteiger partial charge in [0.2, 0.25) is 0 Å². The Hall–Kier alpha value is -0.650. The number of fused-ring (bicyclic) bond motifs is 5. The topological polar surface area (TPSA) is 78.8 Å². The van der Waals surface area contributed by atoms with E-state index in [9.17, 15) is 15.0 Å². The molecule has 0 radical (unpaired) electrons. The smallest absolute Gasteiger partial charge is 0.305 e. The Morgan fingerprint density at radius 3 is 2.62 bits per heavy atom. The molecule has 0 saturated heterocycles. The van der Waals surface area contributed by atoms with Crippen LogP contribution in [-0.4, -0.2) is 48.6 Å². The second kappa shape index (κ2) is 9.54. The average Bonchev–Trinajstić information content (AvgIpc) is 3.15. The highest BCUT2D eigenvalue weighted by molar-refractivity contribution is 5.69. The molecule has 5 heteroatoms. The molecule has 4 rings (SSSR count). The fourth-order valence-corrected chi connectivity index (χ4v) is 9.29. The number of ether oxygens (including phenoxy) is 1. The van der Waals surface area contributed by atoms with E-state index in [1.54, 1.807) is 0 Å². The van der Waals surface area contributed by atoms with Crippen LogP contribution in [0.2, 0.25) is 0 Å². The van der Waals surface area contributed by atoms with Gasteiger partial charge in [0.1, 0.15) is 0 Å². The lowest BCUT2D eigenvalue weighted by molar-refractivity contribution is -0.170. The molecule has 184 valence electrons. The summed E-state index contributed by atoms with van der Waals surface area (Å²) in [6, 6.07) is 0.544. The summed E-state index contributed by atoms with van der Waals surface area (Å²) < 4.78 is 4.87. The van der Waals surface area contributed by atoms with Crippen LogP contribution < -0.4 is 5.32 Å². The van der Waals surface area contributed by atoms with Crippen molar-refractivity contribution in [1.29, 1.82) is 0 Å². The average molecular weight is 450 g/mol. The van der Waals surface area contributed by atoms with E-state index in [4.69, 9.17) is 4.74 Å². The zero-order chi connectivity index (χ0) is 23.1. The predicted molar refractivity (Wildman–Crippen MR) is 126 cm³/mol. The lowest BCUT2D eigenvalue weighted by atomic mass is 9.43. The fraction of sp³-hybridized carbons (Fsp3) is 0.963. The molecule has 10 unspecified atom stereocenters. The summed E-state index contributed by atoms with van der Waals surface area (Å²) in [4.78, 5) is 11.7. The third-order valence-electron chi connectivity index (χ3n) is 11.1. The Morgan fingerprint density at radius 2 is 1.91 bits per heavy atom. The van der Waals surface area contributed by atoms with Crippen molar-refractivity contribution in [3.05, 3.63) is 0 Å². The maximum absolute atomic E-state index is 11.7. The second-order valence-electron chi connectivity index (χ2n) is 12.2. The summed E-state index contributed by atoms with van der Waals surface area (Å²) in [6.45, 7) is 8.13. The lowest BCUT2D eigenvalue weighted by Gasteiger charge is -2.62. The summed E-state index contributed by atoms with van der Waals surface area (Å²) in [7, 11) is 1.47. The van der Waals surface area contributed by atoms with Gasteiger partial charge in [0.05, 0.1) is 19.8 Å². The summed E-state index contributed by atoms with van der Waals surface area (Å²) in [5.41, 5.74) is 0.330. The van der Waals surface area contributed by atoms with Crippen LogP contribution in [0.5, 0.6) is 0 Å². The van der Waals surface area contributed by atoms with Crippen molar-refractivity contribution in [3.8, 4) is 0 Å². The van der Waals surface area contributed by atoms with E-state index < -0.39 is 0 Å². The van der Waals surface area contributed by atoms with Gasteiger partial charge in [0.15, 0.2) is 0 Å². The molecule has 0 aliphatic heterocycles. The number of carbonyl (C=O) groups is 1. The first kappa shape index (κ1) is 24.5. The molecule has 4 saturated carbocycles. The first-order valence-electron chi connectivity index (χ1n) is 13.3. The monoisotopic (exact) mass is 449 g/mol. The van der Waals surface area contributed by atoms with Crippen LogP contribution in [0.3, 0.4) is 0 Å². The normalized spacial score (nSPS) is 46.6. The molecule has 0 heterocycles. The summed E-state index contributed by atoms with van der Waals surface area (Å²) in [6.07, 6.45) is 10.8. The number of methoxy groups -OCH3 is 1. The molecule has 0 spiro atoms. The Labute approximate surface area is 195 Å². The van der Waals surface area contributed by atoms with E-state index in [-0.39, 0.29) is 24.1 Å². The highest BCUT2D eigenvalue weighted by Gasteiger charge is 2.63. The van der Waals surface area contributed by atoms with Gasteiger partial charge in [0.25, 0.3) is 0 Å². The van der Waals surface area contributed by atoms with Crippen molar-refractivity contribution in [2.45, 2.75) is 97.1 Å². The third-order valence-corrected chi connectivity index (χ3v) is 11.1. The Balaban J connectivity index is 1.48. The third kappa shape index (κ3) is 4.05. The quantitative estimate of drug-likeness (QED) is 0.509. The number of hydrogen-bond donors (Lipinski definition) is 3. The molecule has 32 heavy (non-hydrogen) atoms. The van der Waals surface area contributed by atoms with E-state index in [0.717, 1.165) is 24.7 Å². The molecule has 4 aliphatic carbocycles. The Bertz CT molecular complexity index is 670. The van der Waals surface area contributed by atoms with Crippen molar-refractivity contribution in [1.82, 2.24) is 5.32 Å². The summed E-state index contributed by atoms with van der Waals surface area (Å²) in [5, 5.41) is 24.4.